The smallest absolute Gasteiger partial charge is 0.315 e. The zero-order valence-electron chi connectivity index (χ0n) is 10.2. The number of carbonyl (C=O) groups excluding carboxylic acids is 1. The number of urea groups is 1. The first kappa shape index (κ1) is 12.6. The van der Waals surface area contributed by atoms with E-state index in [4.69, 9.17) is 0 Å². The topological polar surface area (TPSA) is 41.1 Å². The SMILES string of the molecule is CC(C)[C@@H](C)NC(=O)NCc1ccccc1. The summed E-state index contributed by atoms with van der Waals surface area (Å²) >= 11 is 0. The summed E-state index contributed by atoms with van der Waals surface area (Å²) in [4.78, 5) is 11.5. The predicted molar refractivity (Wildman–Crippen MR) is 66.1 cm³/mol. The quantitative estimate of drug-likeness (QED) is 0.804. The lowest BCUT2D eigenvalue weighted by atomic mass is 10.1. The fourth-order valence-electron chi connectivity index (χ4n) is 1.20. The molecule has 1 aromatic rings. The van der Waals surface area contributed by atoms with Gasteiger partial charge in [-0.05, 0) is 18.4 Å². The molecule has 1 atom stereocenters. The van der Waals surface area contributed by atoms with Crippen LogP contribution in [0.3, 0.4) is 0 Å². The lowest BCUT2D eigenvalue weighted by molar-refractivity contribution is 0.234. The van der Waals surface area contributed by atoms with Gasteiger partial charge in [0, 0.05) is 12.6 Å². The van der Waals surface area contributed by atoms with Crippen LogP contribution < -0.4 is 10.6 Å². The summed E-state index contributed by atoms with van der Waals surface area (Å²) in [6, 6.07) is 9.96. The zero-order valence-corrected chi connectivity index (χ0v) is 10.2. The van der Waals surface area contributed by atoms with E-state index in [2.05, 4.69) is 24.5 Å². The van der Waals surface area contributed by atoms with Gasteiger partial charge in [-0.15, -0.1) is 0 Å². The highest BCUT2D eigenvalue weighted by Crippen LogP contribution is 2.00. The van der Waals surface area contributed by atoms with Crippen LogP contribution in [0.4, 0.5) is 4.79 Å². The summed E-state index contributed by atoms with van der Waals surface area (Å²) < 4.78 is 0. The van der Waals surface area contributed by atoms with Crippen molar-refractivity contribution in [1.82, 2.24) is 10.6 Å². The highest BCUT2D eigenvalue weighted by Gasteiger charge is 2.09. The van der Waals surface area contributed by atoms with E-state index >= 15 is 0 Å². The van der Waals surface area contributed by atoms with Crippen molar-refractivity contribution in [2.45, 2.75) is 33.4 Å². The molecule has 0 aliphatic rings. The minimum absolute atomic E-state index is 0.106. The number of hydrogen-bond acceptors (Lipinski definition) is 1. The van der Waals surface area contributed by atoms with Crippen molar-refractivity contribution >= 4 is 6.03 Å². The van der Waals surface area contributed by atoms with Crippen molar-refractivity contribution in [1.29, 1.82) is 0 Å². The minimum Gasteiger partial charge on any atom is -0.335 e. The van der Waals surface area contributed by atoms with Gasteiger partial charge in [-0.25, -0.2) is 4.79 Å². The van der Waals surface area contributed by atoms with E-state index in [0.29, 0.717) is 12.5 Å². The monoisotopic (exact) mass is 220 g/mol. The van der Waals surface area contributed by atoms with Crippen molar-refractivity contribution < 1.29 is 4.79 Å². The fourth-order valence-corrected chi connectivity index (χ4v) is 1.20. The molecule has 0 radical (unpaired) electrons. The standard InChI is InChI=1S/C13H20N2O/c1-10(2)11(3)15-13(16)14-9-12-7-5-4-6-8-12/h4-8,10-11H,9H2,1-3H3,(H2,14,15,16)/t11-/m1/s1. The number of carbonyl (C=O) groups is 1. The van der Waals surface area contributed by atoms with Gasteiger partial charge in [-0.2, -0.15) is 0 Å². The average Bonchev–Trinajstić information content (AvgIpc) is 2.27. The van der Waals surface area contributed by atoms with Gasteiger partial charge >= 0.3 is 6.03 Å². The Kier molecular flexibility index (Phi) is 4.83. The summed E-state index contributed by atoms with van der Waals surface area (Å²) in [5.41, 5.74) is 1.11. The molecule has 0 aliphatic carbocycles. The fraction of sp³-hybridized carbons (Fsp3) is 0.462. The zero-order chi connectivity index (χ0) is 12.0. The number of nitrogens with one attached hydrogen (secondary N) is 2. The second-order valence-corrected chi connectivity index (χ2v) is 4.35. The van der Waals surface area contributed by atoms with Crippen LogP contribution in [0.25, 0.3) is 0 Å². The first-order valence-electron chi connectivity index (χ1n) is 5.68. The van der Waals surface area contributed by atoms with Crippen LogP contribution in [0, 0.1) is 5.92 Å². The number of hydrogen-bond donors (Lipinski definition) is 2. The van der Waals surface area contributed by atoms with Gasteiger partial charge < -0.3 is 10.6 Å². The third-order valence-corrected chi connectivity index (χ3v) is 2.65. The average molecular weight is 220 g/mol. The van der Waals surface area contributed by atoms with Crippen LogP contribution in [0.15, 0.2) is 30.3 Å². The summed E-state index contributed by atoms with van der Waals surface area (Å²) in [6.45, 7) is 6.74. The predicted octanol–water partition coefficient (Wildman–Crippen LogP) is 2.53. The lowest BCUT2D eigenvalue weighted by Gasteiger charge is -2.17. The minimum atomic E-state index is -0.106. The van der Waals surface area contributed by atoms with Crippen LogP contribution in [-0.4, -0.2) is 12.1 Å². The van der Waals surface area contributed by atoms with Crippen molar-refractivity contribution in [3.8, 4) is 0 Å². The summed E-state index contributed by atoms with van der Waals surface area (Å²) in [6.07, 6.45) is 0. The Labute approximate surface area is 97.2 Å². The lowest BCUT2D eigenvalue weighted by Crippen LogP contribution is -2.42. The summed E-state index contributed by atoms with van der Waals surface area (Å²) in [5, 5.41) is 5.73. The third-order valence-electron chi connectivity index (χ3n) is 2.65. The molecule has 0 aromatic heterocycles. The molecule has 0 saturated carbocycles. The number of rotatable bonds is 4. The van der Waals surface area contributed by atoms with E-state index in [0.717, 1.165) is 5.56 Å². The van der Waals surface area contributed by atoms with Gasteiger partial charge in [-0.3, -0.25) is 0 Å². The molecule has 0 saturated heterocycles. The van der Waals surface area contributed by atoms with Crippen LogP contribution >= 0.6 is 0 Å². The van der Waals surface area contributed by atoms with Crippen LogP contribution in [-0.2, 0) is 6.54 Å². The molecule has 3 nitrogen and oxygen atoms in total. The van der Waals surface area contributed by atoms with Crippen molar-refractivity contribution in [2.75, 3.05) is 0 Å². The van der Waals surface area contributed by atoms with E-state index in [1.54, 1.807) is 0 Å². The van der Waals surface area contributed by atoms with Crippen molar-refractivity contribution in [3.63, 3.8) is 0 Å². The second kappa shape index (κ2) is 6.16. The van der Waals surface area contributed by atoms with Crippen molar-refractivity contribution in [2.24, 2.45) is 5.92 Å². The van der Waals surface area contributed by atoms with Gasteiger partial charge in [0.05, 0.1) is 0 Å². The summed E-state index contributed by atoms with van der Waals surface area (Å²) in [7, 11) is 0. The van der Waals surface area contributed by atoms with Crippen molar-refractivity contribution in [3.05, 3.63) is 35.9 Å². The molecular weight excluding hydrogens is 200 g/mol. The molecule has 0 fully saturated rings. The largest absolute Gasteiger partial charge is 0.335 e. The van der Waals surface area contributed by atoms with Crippen LogP contribution in [0.2, 0.25) is 0 Å². The Morgan fingerprint density at radius 2 is 1.81 bits per heavy atom. The Balaban J connectivity index is 2.31. The Hall–Kier alpha value is -1.51. The van der Waals surface area contributed by atoms with E-state index in [-0.39, 0.29) is 12.1 Å². The molecule has 0 unspecified atom stereocenters. The molecule has 88 valence electrons. The highest BCUT2D eigenvalue weighted by atomic mass is 16.2. The molecule has 16 heavy (non-hydrogen) atoms. The van der Waals surface area contributed by atoms with Gasteiger partial charge in [0.1, 0.15) is 0 Å². The maximum atomic E-state index is 11.5. The van der Waals surface area contributed by atoms with Gasteiger partial charge in [0.2, 0.25) is 0 Å². The Morgan fingerprint density at radius 3 is 2.38 bits per heavy atom. The van der Waals surface area contributed by atoms with E-state index in [1.807, 2.05) is 37.3 Å². The molecule has 0 bridgehead atoms. The maximum absolute atomic E-state index is 11.5. The molecule has 0 heterocycles. The third kappa shape index (κ3) is 4.34. The van der Waals surface area contributed by atoms with Gasteiger partial charge in [-0.1, -0.05) is 44.2 Å². The molecule has 3 heteroatoms. The van der Waals surface area contributed by atoms with E-state index in [1.165, 1.54) is 0 Å². The van der Waals surface area contributed by atoms with E-state index < -0.39 is 0 Å². The molecule has 2 N–H and O–H groups in total. The number of benzene rings is 1. The first-order chi connectivity index (χ1) is 7.59. The maximum Gasteiger partial charge on any atom is 0.315 e. The highest BCUT2D eigenvalue weighted by molar-refractivity contribution is 5.74. The molecule has 0 spiro atoms. The Morgan fingerprint density at radius 1 is 1.19 bits per heavy atom. The first-order valence-corrected chi connectivity index (χ1v) is 5.68. The number of amides is 2. The van der Waals surface area contributed by atoms with Crippen LogP contribution in [0.1, 0.15) is 26.3 Å². The second-order valence-electron chi connectivity index (χ2n) is 4.35. The molecule has 1 rings (SSSR count). The molecular formula is C13H20N2O. The molecule has 1 aromatic carbocycles. The van der Waals surface area contributed by atoms with E-state index in [9.17, 15) is 4.79 Å². The van der Waals surface area contributed by atoms with Crippen LogP contribution in [0.5, 0.6) is 0 Å². The van der Waals surface area contributed by atoms with Gasteiger partial charge in [0.15, 0.2) is 0 Å². The Bertz CT molecular complexity index is 322. The molecule has 0 aliphatic heterocycles. The normalized spacial score (nSPS) is 12.2. The van der Waals surface area contributed by atoms with Gasteiger partial charge in [0.25, 0.3) is 0 Å². The molecule has 2 amide bonds. The summed E-state index contributed by atoms with van der Waals surface area (Å²) in [5.74, 6) is 0.447.